The highest BCUT2D eigenvalue weighted by Gasteiger charge is 2.14. The standard InChI is InChI=1S/C25H26ClNO3/c1-4-29-24-13-10-20(25(28)27-18(3)19-8-6-5-7-9-19)15-21(24)16-30-22-11-12-23(26)17(2)14-22/h5-15,18H,4,16H2,1-3H3,(H,27,28)/t18-/m1/s1. The summed E-state index contributed by atoms with van der Waals surface area (Å²) in [4.78, 5) is 12.8. The van der Waals surface area contributed by atoms with Crippen molar-refractivity contribution in [1.29, 1.82) is 0 Å². The zero-order valence-corrected chi connectivity index (χ0v) is 18.2. The summed E-state index contributed by atoms with van der Waals surface area (Å²) in [5.74, 6) is 1.28. The van der Waals surface area contributed by atoms with Crippen LogP contribution in [0.25, 0.3) is 0 Å². The molecule has 0 unspecified atom stereocenters. The number of aryl methyl sites for hydroxylation is 1. The molecule has 4 nitrogen and oxygen atoms in total. The number of hydrogen-bond acceptors (Lipinski definition) is 3. The molecule has 0 saturated carbocycles. The smallest absolute Gasteiger partial charge is 0.251 e. The van der Waals surface area contributed by atoms with Gasteiger partial charge in [-0.2, -0.15) is 0 Å². The van der Waals surface area contributed by atoms with E-state index in [-0.39, 0.29) is 18.6 Å². The highest BCUT2D eigenvalue weighted by Crippen LogP contribution is 2.25. The molecule has 0 aliphatic rings. The summed E-state index contributed by atoms with van der Waals surface area (Å²) in [5.41, 5.74) is 3.37. The maximum absolute atomic E-state index is 12.8. The minimum absolute atomic E-state index is 0.0954. The molecule has 3 aromatic rings. The minimum atomic E-state index is -0.141. The first-order valence-corrected chi connectivity index (χ1v) is 10.4. The average molecular weight is 424 g/mol. The maximum Gasteiger partial charge on any atom is 0.251 e. The fourth-order valence-electron chi connectivity index (χ4n) is 3.10. The van der Waals surface area contributed by atoms with Gasteiger partial charge in [0, 0.05) is 16.1 Å². The summed E-state index contributed by atoms with van der Waals surface area (Å²) >= 11 is 6.09. The molecule has 0 bridgehead atoms. The van der Waals surface area contributed by atoms with E-state index in [0.29, 0.717) is 28.7 Å². The summed E-state index contributed by atoms with van der Waals surface area (Å²) < 4.78 is 11.7. The molecule has 0 heterocycles. The molecular weight excluding hydrogens is 398 g/mol. The van der Waals surface area contributed by atoms with Gasteiger partial charge in [-0.25, -0.2) is 0 Å². The molecule has 0 saturated heterocycles. The zero-order chi connectivity index (χ0) is 21.5. The Balaban J connectivity index is 1.75. The van der Waals surface area contributed by atoms with Crippen LogP contribution in [0.4, 0.5) is 0 Å². The van der Waals surface area contributed by atoms with E-state index in [1.54, 1.807) is 6.07 Å². The average Bonchev–Trinajstić information content (AvgIpc) is 2.76. The van der Waals surface area contributed by atoms with Crippen LogP contribution in [0, 0.1) is 6.92 Å². The lowest BCUT2D eigenvalue weighted by molar-refractivity contribution is 0.0939. The van der Waals surface area contributed by atoms with Gasteiger partial charge in [0.1, 0.15) is 18.1 Å². The van der Waals surface area contributed by atoms with Gasteiger partial charge in [-0.15, -0.1) is 0 Å². The predicted octanol–water partition coefficient (Wildman–Crippen LogP) is 6.12. The lowest BCUT2D eigenvalue weighted by Gasteiger charge is -2.16. The Bertz CT molecular complexity index is 1000. The fraction of sp³-hybridized carbons (Fsp3) is 0.240. The molecule has 5 heteroatoms. The van der Waals surface area contributed by atoms with Crippen LogP contribution in [0.5, 0.6) is 11.5 Å². The van der Waals surface area contributed by atoms with Gasteiger partial charge in [0.15, 0.2) is 0 Å². The third kappa shape index (κ3) is 5.55. The molecule has 3 rings (SSSR count). The lowest BCUT2D eigenvalue weighted by atomic mass is 10.1. The number of nitrogens with one attached hydrogen (secondary N) is 1. The summed E-state index contributed by atoms with van der Waals surface area (Å²) in [5, 5.41) is 3.74. The van der Waals surface area contributed by atoms with Crippen molar-refractivity contribution in [2.24, 2.45) is 0 Å². The predicted molar refractivity (Wildman–Crippen MR) is 120 cm³/mol. The van der Waals surface area contributed by atoms with Crippen LogP contribution in [0.15, 0.2) is 66.7 Å². The van der Waals surface area contributed by atoms with Gasteiger partial charge < -0.3 is 14.8 Å². The summed E-state index contributed by atoms with van der Waals surface area (Å²) in [6.07, 6.45) is 0. The zero-order valence-electron chi connectivity index (χ0n) is 17.4. The summed E-state index contributed by atoms with van der Waals surface area (Å²) in [6, 6.07) is 20.7. The number of carbonyl (C=O) groups is 1. The second-order valence-electron chi connectivity index (χ2n) is 7.06. The van der Waals surface area contributed by atoms with Crippen LogP contribution in [0.3, 0.4) is 0 Å². The van der Waals surface area contributed by atoms with Gasteiger partial charge >= 0.3 is 0 Å². The fourth-order valence-corrected chi connectivity index (χ4v) is 3.22. The van der Waals surface area contributed by atoms with Crippen molar-refractivity contribution in [3.8, 4) is 11.5 Å². The highest BCUT2D eigenvalue weighted by atomic mass is 35.5. The molecule has 1 N–H and O–H groups in total. The molecule has 0 spiro atoms. The Morgan fingerprint density at radius 2 is 1.80 bits per heavy atom. The van der Waals surface area contributed by atoms with Crippen LogP contribution >= 0.6 is 11.6 Å². The summed E-state index contributed by atoms with van der Waals surface area (Å²) in [6.45, 7) is 6.64. The topological polar surface area (TPSA) is 47.6 Å². The van der Waals surface area contributed by atoms with E-state index >= 15 is 0 Å². The first kappa shape index (κ1) is 21.7. The lowest BCUT2D eigenvalue weighted by Crippen LogP contribution is -2.26. The normalized spacial score (nSPS) is 11.6. The van der Waals surface area contributed by atoms with Crippen molar-refractivity contribution in [3.05, 3.63) is 94.0 Å². The molecule has 156 valence electrons. The molecule has 0 radical (unpaired) electrons. The van der Waals surface area contributed by atoms with Crippen LogP contribution in [0.1, 0.15) is 46.9 Å². The van der Waals surface area contributed by atoms with E-state index in [0.717, 1.165) is 16.7 Å². The second-order valence-corrected chi connectivity index (χ2v) is 7.47. The third-order valence-corrected chi connectivity index (χ3v) is 5.22. The number of ether oxygens (including phenoxy) is 2. The Morgan fingerprint density at radius 3 is 2.50 bits per heavy atom. The van der Waals surface area contributed by atoms with Crippen LogP contribution in [-0.4, -0.2) is 12.5 Å². The Labute approximate surface area is 182 Å². The van der Waals surface area contributed by atoms with Crippen molar-refractivity contribution >= 4 is 17.5 Å². The monoisotopic (exact) mass is 423 g/mol. The van der Waals surface area contributed by atoms with E-state index in [4.69, 9.17) is 21.1 Å². The highest BCUT2D eigenvalue weighted by molar-refractivity contribution is 6.31. The van der Waals surface area contributed by atoms with Crippen LogP contribution in [-0.2, 0) is 6.61 Å². The maximum atomic E-state index is 12.8. The number of halogens is 1. The third-order valence-electron chi connectivity index (χ3n) is 4.79. The molecule has 0 fully saturated rings. The van der Waals surface area contributed by atoms with E-state index < -0.39 is 0 Å². The second kappa shape index (κ2) is 10.2. The van der Waals surface area contributed by atoms with Gasteiger partial charge in [0.05, 0.1) is 12.6 Å². The molecule has 0 aromatic heterocycles. The van der Waals surface area contributed by atoms with Gasteiger partial charge in [0.25, 0.3) is 5.91 Å². The van der Waals surface area contributed by atoms with Crippen molar-refractivity contribution in [2.45, 2.75) is 33.4 Å². The molecule has 0 aliphatic heterocycles. The van der Waals surface area contributed by atoms with Crippen molar-refractivity contribution in [1.82, 2.24) is 5.32 Å². The van der Waals surface area contributed by atoms with Gasteiger partial charge in [-0.05, 0) is 68.3 Å². The number of rotatable bonds is 8. The minimum Gasteiger partial charge on any atom is -0.493 e. The molecule has 1 amide bonds. The van der Waals surface area contributed by atoms with Gasteiger partial charge in [0.2, 0.25) is 0 Å². The molecule has 0 aliphatic carbocycles. The van der Waals surface area contributed by atoms with Crippen LogP contribution in [0.2, 0.25) is 5.02 Å². The van der Waals surface area contributed by atoms with E-state index in [1.807, 2.05) is 81.4 Å². The van der Waals surface area contributed by atoms with Gasteiger partial charge in [-0.3, -0.25) is 4.79 Å². The van der Waals surface area contributed by atoms with E-state index in [1.165, 1.54) is 0 Å². The molecular formula is C25H26ClNO3. The molecule has 3 aromatic carbocycles. The Kier molecular flexibility index (Phi) is 7.36. The van der Waals surface area contributed by atoms with E-state index in [2.05, 4.69) is 5.32 Å². The van der Waals surface area contributed by atoms with Gasteiger partial charge in [-0.1, -0.05) is 41.9 Å². The summed E-state index contributed by atoms with van der Waals surface area (Å²) in [7, 11) is 0. The van der Waals surface area contributed by atoms with Crippen molar-refractivity contribution in [3.63, 3.8) is 0 Å². The number of hydrogen-bond donors (Lipinski definition) is 1. The Morgan fingerprint density at radius 1 is 1.03 bits per heavy atom. The SMILES string of the molecule is CCOc1ccc(C(=O)N[C@H](C)c2ccccc2)cc1COc1ccc(Cl)c(C)c1. The van der Waals surface area contributed by atoms with E-state index in [9.17, 15) is 4.79 Å². The Hall–Kier alpha value is -2.98. The quantitative estimate of drug-likeness (QED) is 0.475. The largest absolute Gasteiger partial charge is 0.493 e. The number of carbonyl (C=O) groups excluding carboxylic acids is 1. The first-order chi connectivity index (χ1) is 14.5. The molecule has 1 atom stereocenters. The first-order valence-electron chi connectivity index (χ1n) is 9.98. The number of benzene rings is 3. The van der Waals surface area contributed by atoms with Crippen LogP contribution < -0.4 is 14.8 Å². The van der Waals surface area contributed by atoms with Crippen molar-refractivity contribution < 1.29 is 14.3 Å². The molecule has 30 heavy (non-hydrogen) atoms. The number of amides is 1. The van der Waals surface area contributed by atoms with Crippen molar-refractivity contribution in [2.75, 3.05) is 6.61 Å².